The van der Waals surface area contributed by atoms with Crippen LogP contribution in [0.2, 0.25) is 0 Å². The van der Waals surface area contributed by atoms with Crippen LogP contribution in [0.5, 0.6) is 5.75 Å². The third-order valence-corrected chi connectivity index (χ3v) is 3.91. The molecular weight excluding hydrogens is 352 g/mol. The first-order valence-corrected chi connectivity index (χ1v) is 8.44. The topological polar surface area (TPSA) is 123 Å². The second-order valence-corrected chi connectivity index (χ2v) is 5.90. The Balaban J connectivity index is 1.71. The second-order valence-electron chi connectivity index (χ2n) is 5.90. The number of nitro groups is 1. The van der Waals surface area contributed by atoms with E-state index in [9.17, 15) is 15.2 Å². The molecule has 1 heterocycles. The maximum absolute atomic E-state index is 10.8. The molecule has 1 aromatic heterocycles. The fraction of sp³-hybridized carbons (Fsp3) is 0.278. The SMILES string of the molecule is O=[N+]([O-])c1cccc(OCC(O)Cn2c(NCCO)nc3ccccc32)c1. The zero-order chi connectivity index (χ0) is 19.2. The number of benzene rings is 2. The van der Waals surface area contributed by atoms with Gasteiger partial charge < -0.3 is 24.8 Å². The van der Waals surface area contributed by atoms with Crippen molar-refractivity contribution in [3.05, 3.63) is 58.6 Å². The lowest BCUT2D eigenvalue weighted by molar-refractivity contribution is -0.384. The molecule has 0 saturated carbocycles. The standard InChI is InChI=1S/C18H20N4O5/c23-9-8-19-18-20-16-6-1-2-7-17(16)21(18)11-14(24)12-27-15-5-3-4-13(10-15)22(25)26/h1-7,10,14,23-24H,8-9,11-12H2,(H,19,20). The van der Waals surface area contributed by atoms with E-state index >= 15 is 0 Å². The van der Waals surface area contributed by atoms with Crippen LogP contribution in [0, 0.1) is 10.1 Å². The lowest BCUT2D eigenvalue weighted by atomic mass is 10.3. The van der Waals surface area contributed by atoms with E-state index < -0.39 is 11.0 Å². The first kappa shape index (κ1) is 18.6. The number of anilines is 1. The predicted molar refractivity (Wildman–Crippen MR) is 99.9 cm³/mol. The van der Waals surface area contributed by atoms with Crippen LogP contribution in [0.1, 0.15) is 0 Å². The number of nitrogens with one attached hydrogen (secondary N) is 1. The number of fused-ring (bicyclic) bond motifs is 1. The number of aliphatic hydroxyl groups excluding tert-OH is 2. The number of hydrogen-bond acceptors (Lipinski definition) is 7. The molecule has 9 nitrogen and oxygen atoms in total. The molecule has 0 amide bonds. The highest BCUT2D eigenvalue weighted by Crippen LogP contribution is 2.21. The van der Waals surface area contributed by atoms with Crippen molar-refractivity contribution in [2.75, 3.05) is 25.1 Å². The van der Waals surface area contributed by atoms with Gasteiger partial charge in [-0.25, -0.2) is 4.98 Å². The van der Waals surface area contributed by atoms with Crippen LogP contribution in [0.4, 0.5) is 11.6 Å². The highest BCUT2D eigenvalue weighted by molar-refractivity contribution is 5.78. The van der Waals surface area contributed by atoms with Gasteiger partial charge in [0.15, 0.2) is 0 Å². The Kier molecular flexibility index (Phi) is 5.84. The third-order valence-electron chi connectivity index (χ3n) is 3.91. The van der Waals surface area contributed by atoms with E-state index in [2.05, 4.69) is 10.3 Å². The van der Waals surface area contributed by atoms with Crippen molar-refractivity contribution in [3.63, 3.8) is 0 Å². The van der Waals surface area contributed by atoms with E-state index in [0.717, 1.165) is 11.0 Å². The number of aromatic nitrogens is 2. The lowest BCUT2D eigenvalue weighted by Crippen LogP contribution is -2.25. The van der Waals surface area contributed by atoms with Crippen molar-refractivity contribution >= 4 is 22.7 Å². The Morgan fingerprint density at radius 3 is 2.85 bits per heavy atom. The predicted octanol–water partition coefficient (Wildman–Crippen LogP) is 1.79. The number of non-ortho nitro benzene ring substituents is 1. The van der Waals surface area contributed by atoms with Crippen LogP contribution in [-0.2, 0) is 6.54 Å². The number of para-hydroxylation sites is 2. The molecule has 0 aliphatic carbocycles. The van der Waals surface area contributed by atoms with E-state index in [-0.39, 0.29) is 25.4 Å². The van der Waals surface area contributed by atoms with Gasteiger partial charge >= 0.3 is 0 Å². The fourth-order valence-electron chi connectivity index (χ4n) is 2.71. The number of aliphatic hydroxyl groups is 2. The van der Waals surface area contributed by atoms with E-state index in [0.29, 0.717) is 18.2 Å². The van der Waals surface area contributed by atoms with Gasteiger partial charge in [-0.2, -0.15) is 0 Å². The van der Waals surface area contributed by atoms with Crippen LogP contribution in [0.15, 0.2) is 48.5 Å². The van der Waals surface area contributed by atoms with Gasteiger partial charge in [-0.15, -0.1) is 0 Å². The van der Waals surface area contributed by atoms with Crippen LogP contribution in [0.25, 0.3) is 11.0 Å². The Morgan fingerprint density at radius 1 is 1.26 bits per heavy atom. The summed E-state index contributed by atoms with van der Waals surface area (Å²) < 4.78 is 7.30. The Bertz CT molecular complexity index is 927. The van der Waals surface area contributed by atoms with Gasteiger partial charge in [-0.3, -0.25) is 10.1 Å². The number of hydrogen-bond donors (Lipinski definition) is 3. The van der Waals surface area contributed by atoms with Crippen molar-refractivity contribution in [3.8, 4) is 5.75 Å². The molecule has 0 aliphatic rings. The molecule has 9 heteroatoms. The summed E-state index contributed by atoms with van der Waals surface area (Å²) in [5.74, 6) is 0.858. The molecule has 0 bridgehead atoms. The normalized spacial score (nSPS) is 12.1. The number of rotatable bonds is 9. The van der Waals surface area contributed by atoms with E-state index in [1.807, 2.05) is 28.8 Å². The smallest absolute Gasteiger partial charge is 0.273 e. The van der Waals surface area contributed by atoms with Crippen LogP contribution in [-0.4, -0.2) is 50.5 Å². The molecule has 0 saturated heterocycles. The van der Waals surface area contributed by atoms with Crippen molar-refractivity contribution in [2.24, 2.45) is 0 Å². The maximum Gasteiger partial charge on any atom is 0.273 e. The molecule has 27 heavy (non-hydrogen) atoms. The molecule has 3 aromatic rings. The summed E-state index contributed by atoms with van der Waals surface area (Å²) in [6, 6.07) is 13.3. The van der Waals surface area contributed by atoms with Gasteiger partial charge in [-0.05, 0) is 18.2 Å². The molecule has 3 rings (SSSR count). The lowest BCUT2D eigenvalue weighted by Gasteiger charge is -2.16. The highest BCUT2D eigenvalue weighted by Gasteiger charge is 2.15. The van der Waals surface area contributed by atoms with Gasteiger partial charge in [0, 0.05) is 12.6 Å². The fourth-order valence-corrected chi connectivity index (χ4v) is 2.71. The number of imidazole rings is 1. The largest absolute Gasteiger partial charge is 0.491 e. The Labute approximate surface area is 155 Å². The van der Waals surface area contributed by atoms with Crippen LogP contribution < -0.4 is 10.1 Å². The van der Waals surface area contributed by atoms with Gasteiger partial charge in [0.2, 0.25) is 5.95 Å². The molecule has 1 atom stereocenters. The summed E-state index contributed by atoms with van der Waals surface area (Å²) >= 11 is 0. The highest BCUT2D eigenvalue weighted by atomic mass is 16.6. The average Bonchev–Trinajstić information content (AvgIpc) is 3.02. The number of nitrogens with zero attached hydrogens (tertiary/aromatic N) is 3. The summed E-state index contributed by atoms with van der Waals surface area (Å²) in [5.41, 5.74) is 1.54. The molecule has 1 unspecified atom stereocenters. The van der Waals surface area contributed by atoms with E-state index in [1.54, 1.807) is 6.07 Å². The maximum atomic E-state index is 10.8. The summed E-state index contributed by atoms with van der Waals surface area (Å²) in [6.45, 7) is 0.474. The van der Waals surface area contributed by atoms with Crippen molar-refractivity contribution in [1.29, 1.82) is 0 Å². The molecular formula is C18H20N4O5. The minimum atomic E-state index is -0.864. The van der Waals surface area contributed by atoms with Crippen molar-refractivity contribution in [2.45, 2.75) is 12.6 Å². The monoisotopic (exact) mass is 372 g/mol. The van der Waals surface area contributed by atoms with Crippen LogP contribution >= 0.6 is 0 Å². The summed E-state index contributed by atoms with van der Waals surface area (Å²) in [5, 5.41) is 33.3. The molecule has 0 aliphatic heterocycles. The van der Waals surface area contributed by atoms with Gasteiger partial charge in [0.05, 0.1) is 35.2 Å². The van der Waals surface area contributed by atoms with Gasteiger partial charge in [0.1, 0.15) is 18.5 Å². The molecule has 3 N–H and O–H groups in total. The number of ether oxygens (including phenoxy) is 1. The minimum absolute atomic E-state index is 0.0346. The zero-order valence-corrected chi connectivity index (χ0v) is 14.5. The molecule has 2 aromatic carbocycles. The molecule has 142 valence electrons. The Hall–Kier alpha value is -3.17. The molecule has 0 fully saturated rings. The van der Waals surface area contributed by atoms with Gasteiger partial charge in [-0.1, -0.05) is 18.2 Å². The summed E-state index contributed by atoms with van der Waals surface area (Å²) in [4.78, 5) is 14.8. The quantitative estimate of drug-likeness (QED) is 0.386. The van der Waals surface area contributed by atoms with Crippen molar-refractivity contribution in [1.82, 2.24) is 9.55 Å². The number of nitro benzene ring substituents is 1. The minimum Gasteiger partial charge on any atom is -0.491 e. The second kappa shape index (κ2) is 8.47. The van der Waals surface area contributed by atoms with Crippen molar-refractivity contribution < 1.29 is 19.9 Å². The molecule has 0 spiro atoms. The first-order chi connectivity index (χ1) is 13.1. The van der Waals surface area contributed by atoms with E-state index in [4.69, 9.17) is 9.84 Å². The van der Waals surface area contributed by atoms with Crippen LogP contribution in [0.3, 0.4) is 0 Å². The summed E-state index contributed by atoms with van der Waals surface area (Å²) in [6.07, 6.45) is -0.864. The zero-order valence-electron chi connectivity index (χ0n) is 14.5. The van der Waals surface area contributed by atoms with E-state index in [1.165, 1.54) is 18.2 Å². The Morgan fingerprint density at radius 2 is 2.07 bits per heavy atom. The average molecular weight is 372 g/mol. The molecule has 0 radical (unpaired) electrons. The summed E-state index contributed by atoms with van der Waals surface area (Å²) in [7, 11) is 0. The van der Waals surface area contributed by atoms with Gasteiger partial charge in [0.25, 0.3) is 5.69 Å². The third kappa shape index (κ3) is 4.52. The first-order valence-electron chi connectivity index (χ1n) is 8.44.